The summed E-state index contributed by atoms with van der Waals surface area (Å²) in [6.45, 7) is 0. The van der Waals surface area contributed by atoms with E-state index in [0.29, 0.717) is 5.56 Å². The molecule has 1 heterocycles. The van der Waals surface area contributed by atoms with Crippen molar-refractivity contribution in [2.24, 2.45) is 19.1 Å². The molecule has 0 fully saturated rings. The number of benzene rings is 2. The Morgan fingerprint density at radius 3 is 2.41 bits per heavy atom. The molecule has 5 heteroatoms. The lowest BCUT2D eigenvalue weighted by Gasteiger charge is -2.07. The molecule has 0 N–H and O–H groups in total. The van der Waals surface area contributed by atoms with Gasteiger partial charge < -0.3 is 12.6 Å². The third kappa shape index (κ3) is 2.40. The van der Waals surface area contributed by atoms with Gasteiger partial charge in [-0.25, -0.2) is 14.1 Å². The van der Waals surface area contributed by atoms with Crippen molar-refractivity contribution < 1.29 is 9.36 Å². The van der Waals surface area contributed by atoms with E-state index in [9.17, 15) is 4.79 Å². The number of carbonyl (C=O) groups is 1. The molecule has 0 aliphatic rings. The summed E-state index contributed by atoms with van der Waals surface area (Å²) in [6, 6.07) is 16.9. The maximum absolute atomic E-state index is 12.2. The Morgan fingerprint density at radius 2 is 1.73 bits per heavy atom. The van der Waals surface area contributed by atoms with E-state index in [1.807, 2.05) is 65.7 Å². The molecule has 0 unspecified atom stereocenters. The zero-order valence-corrected chi connectivity index (χ0v) is 13.2. The van der Waals surface area contributed by atoms with Crippen LogP contribution in [0.2, 0.25) is 0 Å². The predicted octanol–water partition coefficient (Wildman–Crippen LogP) is 2.14. The Hall–Kier alpha value is -2.53. The second-order valence-corrected chi connectivity index (χ2v) is 5.41. The minimum atomic E-state index is -0.323. The van der Waals surface area contributed by atoms with Crippen molar-refractivity contribution in [1.29, 1.82) is 0 Å². The summed E-state index contributed by atoms with van der Waals surface area (Å²) in [6.07, 6.45) is 0. The van der Waals surface area contributed by atoms with E-state index in [0.717, 1.165) is 16.9 Å². The first-order valence-electron chi connectivity index (χ1n) is 6.88. The number of aromatic nitrogens is 2. The zero-order chi connectivity index (χ0) is 15.7. The van der Waals surface area contributed by atoms with E-state index in [1.165, 1.54) is 0 Å². The fourth-order valence-corrected chi connectivity index (χ4v) is 2.92. The molecule has 0 radical (unpaired) electrons. The number of fused-ring (bicyclic) bond motifs is 1. The molecule has 1 aromatic heterocycles. The first kappa shape index (κ1) is 14.4. The van der Waals surface area contributed by atoms with Crippen molar-refractivity contribution in [3.63, 3.8) is 0 Å². The Morgan fingerprint density at radius 1 is 1.09 bits per heavy atom. The molecule has 22 heavy (non-hydrogen) atoms. The largest absolute Gasteiger partial charge is 0.752 e. The number of aryl methyl sites for hydroxylation is 2. The van der Waals surface area contributed by atoms with Crippen LogP contribution in [0.3, 0.4) is 0 Å². The minimum Gasteiger partial charge on any atom is -0.752 e. The highest BCUT2D eigenvalue weighted by Gasteiger charge is 2.19. The van der Waals surface area contributed by atoms with Crippen molar-refractivity contribution in [2.75, 3.05) is 0 Å². The summed E-state index contributed by atoms with van der Waals surface area (Å²) < 4.78 is 3.92. The second kappa shape index (κ2) is 5.69. The van der Waals surface area contributed by atoms with Crippen LogP contribution >= 0.6 is 0 Å². The normalized spacial score (nSPS) is 11.8. The molecular formula is C17H15N3OS. The zero-order valence-electron chi connectivity index (χ0n) is 12.4. The summed E-state index contributed by atoms with van der Waals surface area (Å²) in [5.74, 6) is 0.413. The summed E-state index contributed by atoms with van der Waals surface area (Å²) in [4.78, 5) is 16.3. The van der Waals surface area contributed by atoms with Crippen LogP contribution in [-0.2, 0) is 26.7 Å². The Labute approximate surface area is 134 Å². The fraction of sp³-hybridized carbons (Fsp3) is 0.118. The Kier molecular flexibility index (Phi) is 3.73. The average molecular weight is 309 g/mol. The van der Waals surface area contributed by atoms with Crippen LogP contribution in [-0.4, -0.2) is 15.5 Å². The number of carbonyl (C=O) groups excluding carboxylic acids is 1. The van der Waals surface area contributed by atoms with Gasteiger partial charge in [0.1, 0.15) is 0 Å². The second-order valence-electron chi connectivity index (χ2n) is 5.02. The Bertz CT molecular complexity index is 843. The van der Waals surface area contributed by atoms with E-state index in [1.54, 1.807) is 12.1 Å². The maximum atomic E-state index is 12.2. The monoisotopic (exact) mass is 309 g/mol. The summed E-state index contributed by atoms with van der Waals surface area (Å²) in [7, 11) is 3.85. The van der Waals surface area contributed by atoms with E-state index < -0.39 is 0 Å². The SMILES string of the molecule is Cn1c(C([S-])=NC(=O)c2ccccc2)[n+](C)c2ccccc21. The number of hydrogen-bond acceptors (Lipinski definition) is 2. The van der Waals surface area contributed by atoms with Crippen molar-refractivity contribution in [3.05, 3.63) is 66.0 Å². The van der Waals surface area contributed by atoms with Crippen molar-refractivity contribution in [3.8, 4) is 0 Å². The smallest absolute Gasteiger partial charge is 0.280 e. The number of imidazole rings is 1. The number of hydrogen-bond donors (Lipinski definition) is 0. The van der Waals surface area contributed by atoms with Gasteiger partial charge in [-0.2, -0.15) is 0 Å². The van der Waals surface area contributed by atoms with Gasteiger partial charge in [0.25, 0.3) is 11.7 Å². The Balaban J connectivity index is 2.08. The lowest BCUT2D eigenvalue weighted by atomic mass is 10.2. The van der Waals surface area contributed by atoms with Crippen LogP contribution < -0.4 is 4.57 Å². The lowest BCUT2D eigenvalue weighted by Crippen LogP contribution is -2.35. The molecule has 0 aliphatic heterocycles. The van der Waals surface area contributed by atoms with Gasteiger partial charge in [0.15, 0.2) is 11.0 Å². The van der Waals surface area contributed by atoms with Crippen molar-refractivity contribution >= 4 is 34.6 Å². The van der Waals surface area contributed by atoms with Gasteiger partial charge in [0.2, 0.25) is 0 Å². The van der Waals surface area contributed by atoms with Crippen LogP contribution in [0.5, 0.6) is 0 Å². The van der Waals surface area contributed by atoms with Gasteiger partial charge in [0, 0.05) is 10.6 Å². The van der Waals surface area contributed by atoms with Crippen molar-refractivity contribution in [2.45, 2.75) is 0 Å². The quantitative estimate of drug-likeness (QED) is 0.315. The number of aliphatic imine (C=N–C) groups is 1. The molecule has 3 aromatic rings. The van der Waals surface area contributed by atoms with Gasteiger partial charge in [-0.05, 0) is 24.3 Å². The third-order valence-corrected chi connectivity index (χ3v) is 3.93. The predicted molar refractivity (Wildman–Crippen MR) is 88.8 cm³/mol. The molecular weight excluding hydrogens is 294 g/mol. The number of para-hydroxylation sites is 2. The highest BCUT2D eigenvalue weighted by Crippen LogP contribution is 2.13. The fourth-order valence-electron chi connectivity index (χ4n) is 2.56. The van der Waals surface area contributed by atoms with Crippen molar-refractivity contribution in [1.82, 2.24) is 4.57 Å². The van der Waals surface area contributed by atoms with E-state index in [-0.39, 0.29) is 11.0 Å². The van der Waals surface area contributed by atoms with Crippen LogP contribution in [0.15, 0.2) is 59.6 Å². The molecule has 4 nitrogen and oxygen atoms in total. The molecule has 0 saturated carbocycles. The molecule has 0 atom stereocenters. The summed E-state index contributed by atoms with van der Waals surface area (Å²) >= 11 is 5.38. The van der Waals surface area contributed by atoms with Gasteiger partial charge in [0.05, 0.1) is 14.1 Å². The summed E-state index contributed by atoms with van der Waals surface area (Å²) in [5.41, 5.74) is 2.63. The average Bonchev–Trinajstić information content (AvgIpc) is 2.80. The van der Waals surface area contributed by atoms with E-state index in [2.05, 4.69) is 4.99 Å². The maximum Gasteiger partial charge on any atom is 0.280 e. The van der Waals surface area contributed by atoms with Crippen LogP contribution in [0.1, 0.15) is 16.2 Å². The molecule has 1 amide bonds. The van der Waals surface area contributed by atoms with E-state index in [4.69, 9.17) is 12.6 Å². The van der Waals surface area contributed by atoms with E-state index >= 15 is 0 Å². The third-order valence-electron chi connectivity index (χ3n) is 3.65. The number of rotatable bonds is 2. The first-order valence-corrected chi connectivity index (χ1v) is 7.29. The van der Waals surface area contributed by atoms with Crippen LogP contribution in [0, 0.1) is 0 Å². The number of amides is 1. The highest BCUT2D eigenvalue weighted by molar-refractivity contribution is 7.78. The lowest BCUT2D eigenvalue weighted by molar-refractivity contribution is -0.646. The standard InChI is InChI=1S/C17H15N3OS/c1-19-13-10-6-7-11-14(13)20(2)17(19)16(22)18-15(21)12-8-4-3-5-9-12/h3-11H,1-2H3. The summed E-state index contributed by atoms with van der Waals surface area (Å²) in [5, 5.41) is 0.287. The van der Waals surface area contributed by atoms with Crippen LogP contribution in [0.25, 0.3) is 11.0 Å². The molecule has 0 spiro atoms. The molecule has 3 rings (SSSR count). The molecule has 0 aliphatic carbocycles. The molecule has 110 valence electrons. The van der Waals surface area contributed by atoms with Gasteiger partial charge in [-0.1, -0.05) is 30.3 Å². The molecule has 0 saturated heterocycles. The minimum absolute atomic E-state index is 0.287. The van der Waals surface area contributed by atoms with Gasteiger partial charge in [-0.15, -0.1) is 0 Å². The number of nitrogens with zero attached hydrogens (tertiary/aromatic N) is 3. The first-order chi connectivity index (χ1) is 10.6. The molecule has 2 aromatic carbocycles. The van der Waals surface area contributed by atoms with Gasteiger partial charge in [-0.3, -0.25) is 4.79 Å². The van der Waals surface area contributed by atoms with Gasteiger partial charge >= 0.3 is 0 Å². The molecule has 0 bridgehead atoms. The topological polar surface area (TPSA) is 38.2 Å². The van der Waals surface area contributed by atoms with Crippen LogP contribution in [0.4, 0.5) is 0 Å². The highest BCUT2D eigenvalue weighted by atomic mass is 32.1.